The van der Waals surface area contributed by atoms with E-state index in [1.165, 1.54) is 6.07 Å². The number of fused-ring (bicyclic) bond motifs is 1. The van der Waals surface area contributed by atoms with Crippen molar-refractivity contribution in [3.05, 3.63) is 22.2 Å². The molecule has 0 saturated heterocycles. The van der Waals surface area contributed by atoms with Crippen LogP contribution in [0.4, 0.5) is 8.78 Å². The van der Waals surface area contributed by atoms with Gasteiger partial charge in [0.05, 0.1) is 19.7 Å². The second kappa shape index (κ2) is 5.55. The van der Waals surface area contributed by atoms with E-state index in [4.69, 9.17) is 10.5 Å². The average Bonchev–Trinajstić information content (AvgIpc) is 2.83. The van der Waals surface area contributed by atoms with Crippen LogP contribution in [0.25, 0.3) is 0 Å². The number of sulfonamides is 1. The Morgan fingerprint density at radius 3 is 2.80 bits per heavy atom. The summed E-state index contributed by atoms with van der Waals surface area (Å²) in [5.41, 5.74) is 5.60. The molecule has 0 atom stereocenters. The third-order valence-electron chi connectivity index (χ3n) is 2.82. The minimum Gasteiger partial charge on any atom is -0.492 e. The molecule has 1 heterocycles. The molecule has 0 unspecified atom stereocenters. The number of rotatable bonds is 5. The number of hydrogen-bond acceptors (Lipinski definition) is 4. The van der Waals surface area contributed by atoms with Crippen LogP contribution in [-0.4, -0.2) is 34.0 Å². The Morgan fingerprint density at radius 2 is 2.15 bits per heavy atom. The number of nitrogens with one attached hydrogen (secondary N) is 1. The van der Waals surface area contributed by atoms with Crippen LogP contribution < -0.4 is 15.2 Å². The van der Waals surface area contributed by atoms with Crippen molar-refractivity contribution >= 4 is 26.0 Å². The van der Waals surface area contributed by atoms with Gasteiger partial charge in [-0.25, -0.2) is 21.9 Å². The highest BCUT2D eigenvalue weighted by atomic mass is 79.9. The maximum atomic E-state index is 13.1. The summed E-state index contributed by atoms with van der Waals surface area (Å²) in [6.45, 7) is -1.61. The van der Waals surface area contributed by atoms with Crippen molar-refractivity contribution in [2.75, 3.05) is 19.7 Å². The van der Waals surface area contributed by atoms with Gasteiger partial charge in [-0.3, -0.25) is 0 Å². The van der Waals surface area contributed by atoms with Gasteiger partial charge in [-0.2, -0.15) is 0 Å². The fraction of sp³-hybridized carbons (Fsp3) is 0.455. The Labute approximate surface area is 123 Å². The standard InChI is InChI=1S/C11H13BrF2N2O3S/c12-8-3-7-1-2-19-10(7)9(4-8)20(17,18)16-6-11(13,14)5-15/h3-4,16H,1-2,5-6,15H2. The highest BCUT2D eigenvalue weighted by molar-refractivity contribution is 9.10. The number of nitrogens with two attached hydrogens (primary N) is 1. The van der Waals surface area contributed by atoms with Gasteiger partial charge in [-0.15, -0.1) is 0 Å². The van der Waals surface area contributed by atoms with Gasteiger partial charge < -0.3 is 10.5 Å². The highest BCUT2D eigenvalue weighted by Crippen LogP contribution is 2.35. The van der Waals surface area contributed by atoms with E-state index in [2.05, 4.69) is 15.9 Å². The molecule has 1 aliphatic rings. The first-order valence-corrected chi connectivity index (χ1v) is 8.05. The molecule has 3 N–H and O–H groups in total. The van der Waals surface area contributed by atoms with Gasteiger partial charge in [0.2, 0.25) is 10.0 Å². The van der Waals surface area contributed by atoms with Crippen molar-refractivity contribution in [1.82, 2.24) is 4.72 Å². The quantitative estimate of drug-likeness (QED) is 0.817. The molecule has 0 amide bonds. The second-order valence-electron chi connectivity index (χ2n) is 4.38. The van der Waals surface area contributed by atoms with E-state index >= 15 is 0 Å². The van der Waals surface area contributed by atoms with E-state index in [0.717, 1.165) is 5.56 Å². The third kappa shape index (κ3) is 3.27. The molecule has 0 spiro atoms. The van der Waals surface area contributed by atoms with E-state index in [0.29, 0.717) is 17.5 Å². The van der Waals surface area contributed by atoms with E-state index in [9.17, 15) is 17.2 Å². The summed E-state index contributed by atoms with van der Waals surface area (Å²) < 4.78 is 58.1. The predicted octanol–water partition coefficient (Wildman–Crippen LogP) is 1.26. The van der Waals surface area contributed by atoms with Crippen molar-refractivity contribution in [2.24, 2.45) is 5.73 Å². The van der Waals surface area contributed by atoms with Crippen LogP contribution in [0.5, 0.6) is 5.75 Å². The Morgan fingerprint density at radius 1 is 1.45 bits per heavy atom. The van der Waals surface area contributed by atoms with Crippen molar-refractivity contribution < 1.29 is 21.9 Å². The first-order chi connectivity index (χ1) is 9.25. The summed E-state index contributed by atoms with van der Waals surface area (Å²) in [6.07, 6.45) is 0.580. The minimum absolute atomic E-state index is 0.146. The number of hydrogen-bond donors (Lipinski definition) is 2. The summed E-state index contributed by atoms with van der Waals surface area (Å²) in [5, 5.41) is 0. The highest BCUT2D eigenvalue weighted by Gasteiger charge is 2.32. The molecule has 1 aromatic carbocycles. The van der Waals surface area contributed by atoms with Gasteiger partial charge in [-0.1, -0.05) is 15.9 Å². The van der Waals surface area contributed by atoms with Gasteiger partial charge in [0, 0.05) is 16.5 Å². The fourth-order valence-electron chi connectivity index (χ4n) is 1.79. The predicted molar refractivity (Wildman–Crippen MR) is 72.5 cm³/mol. The zero-order valence-corrected chi connectivity index (χ0v) is 12.7. The normalized spacial score (nSPS) is 15.0. The maximum Gasteiger partial charge on any atom is 0.273 e. The van der Waals surface area contributed by atoms with Gasteiger partial charge in [-0.05, 0) is 12.1 Å². The number of benzene rings is 1. The van der Waals surface area contributed by atoms with Crippen LogP contribution in [0.3, 0.4) is 0 Å². The number of alkyl halides is 2. The van der Waals surface area contributed by atoms with Crippen molar-refractivity contribution in [1.29, 1.82) is 0 Å². The first-order valence-electron chi connectivity index (χ1n) is 5.78. The van der Waals surface area contributed by atoms with Crippen molar-refractivity contribution in [3.8, 4) is 5.75 Å². The Kier molecular flexibility index (Phi) is 4.33. The fourth-order valence-corrected chi connectivity index (χ4v) is 3.72. The topological polar surface area (TPSA) is 81.4 Å². The maximum absolute atomic E-state index is 13.1. The van der Waals surface area contributed by atoms with Crippen LogP contribution in [0.2, 0.25) is 0 Å². The molecule has 0 radical (unpaired) electrons. The molecular weight excluding hydrogens is 358 g/mol. The lowest BCUT2D eigenvalue weighted by Gasteiger charge is -2.16. The lowest BCUT2D eigenvalue weighted by Crippen LogP contribution is -2.41. The smallest absolute Gasteiger partial charge is 0.273 e. The molecule has 0 aliphatic carbocycles. The molecule has 9 heteroatoms. The Hall–Kier alpha value is -0.770. The van der Waals surface area contributed by atoms with Crippen LogP contribution in [0, 0.1) is 0 Å². The zero-order chi connectivity index (χ0) is 15.0. The van der Waals surface area contributed by atoms with E-state index < -0.39 is 29.0 Å². The summed E-state index contributed by atoms with van der Waals surface area (Å²) in [4.78, 5) is -0.146. The van der Waals surface area contributed by atoms with Gasteiger partial charge in [0.1, 0.15) is 10.6 Å². The third-order valence-corrected chi connectivity index (χ3v) is 4.69. The average molecular weight is 371 g/mol. The van der Waals surface area contributed by atoms with E-state index in [1.807, 2.05) is 4.72 Å². The number of ether oxygens (including phenoxy) is 1. The molecule has 0 saturated carbocycles. The molecule has 0 bridgehead atoms. The molecule has 5 nitrogen and oxygen atoms in total. The van der Waals surface area contributed by atoms with Crippen molar-refractivity contribution in [3.63, 3.8) is 0 Å². The molecule has 2 rings (SSSR count). The zero-order valence-electron chi connectivity index (χ0n) is 10.3. The van der Waals surface area contributed by atoms with E-state index in [1.54, 1.807) is 6.07 Å². The summed E-state index contributed by atoms with van der Waals surface area (Å²) in [5.74, 6) is -3.07. The molecular formula is C11H13BrF2N2O3S. The van der Waals surface area contributed by atoms with Gasteiger partial charge in [0.25, 0.3) is 5.92 Å². The largest absolute Gasteiger partial charge is 0.492 e. The summed E-state index contributed by atoms with van der Waals surface area (Å²) in [7, 11) is -4.09. The molecule has 0 fully saturated rings. The van der Waals surface area contributed by atoms with Crippen LogP contribution >= 0.6 is 15.9 Å². The second-order valence-corrected chi connectivity index (χ2v) is 7.03. The molecule has 20 heavy (non-hydrogen) atoms. The first kappa shape index (κ1) is 15.6. The van der Waals surface area contributed by atoms with Gasteiger partial charge in [0.15, 0.2) is 0 Å². The van der Waals surface area contributed by atoms with Crippen LogP contribution in [0.1, 0.15) is 5.56 Å². The van der Waals surface area contributed by atoms with Crippen LogP contribution in [-0.2, 0) is 16.4 Å². The van der Waals surface area contributed by atoms with Crippen LogP contribution in [0.15, 0.2) is 21.5 Å². The molecule has 1 aliphatic heterocycles. The van der Waals surface area contributed by atoms with E-state index in [-0.39, 0.29) is 10.6 Å². The Balaban J connectivity index is 2.31. The molecule has 0 aromatic heterocycles. The number of halogens is 3. The summed E-state index contributed by atoms with van der Waals surface area (Å²) >= 11 is 3.20. The summed E-state index contributed by atoms with van der Waals surface area (Å²) in [6, 6.07) is 3.07. The molecule has 1 aromatic rings. The monoisotopic (exact) mass is 370 g/mol. The minimum atomic E-state index is -4.09. The van der Waals surface area contributed by atoms with Gasteiger partial charge >= 0.3 is 0 Å². The lowest BCUT2D eigenvalue weighted by molar-refractivity contribution is 0.0170. The lowest BCUT2D eigenvalue weighted by atomic mass is 10.2. The SMILES string of the molecule is NCC(F)(F)CNS(=O)(=O)c1cc(Br)cc2c1OCC2. The van der Waals surface area contributed by atoms with Crippen molar-refractivity contribution in [2.45, 2.75) is 17.2 Å². The molecule has 112 valence electrons. The Bertz CT molecular complexity index is 622.